The molecule has 114 valence electrons. The second-order valence-corrected chi connectivity index (χ2v) is 6.51. The fourth-order valence-electron chi connectivity index (χ4n) is 3.84. The molecule has 1 heterocycles. The number of fused-ring (bicyclic) bond motifs is 1. The van der Waals surface area contributed by atoms with E-state index in [4.69, 9.17) is 4.98 Å². The first-order valence-corrected chi connectivity index (χ1v) is 8.33. The molecule has 1 aliphatic carbocycles. The maximum Gasteiger partial charge on any atom is 0.112 e. The number of rotatable bonds is 5. The summed E-state index contributed by atoms with van der Waals surface area (Å²) >= 11 is 0. The molecule has 0 aliphatic heterocycles. The number of hydrogen-bond acceptors (Lipinski definition) is 2. The maximum atomic E-state index is 10.6. The molecular formula is C18H26N2O. The van der Waals surface area contributed by atoms with Crippen molar-refractivity contribution in [3.05, 3.63) is 30.1 Å². The molecule has 21 heavy (non-hydrogen) atoms. The zero-order chi connectivity index (χ0) is 14.8. The van der Waals surface area contributed by atoms with Crippen LogP contribution in [0.4, 0.5) is 0 Å². The molecule has 0 amide bonds. The predicted molar refractivity (Wildman–Crippen MR) is 86.2 cm³/mol. The van der Waals surface area contributed by atoms with Gasteiger partial charge in [0, 0.05) is 13.0 Å². The average molecular weight is 286 g/mol. The van der Waals surface area contributed by atoms with Crippen molar-refractivity contribution in [3.8, 4) is 0 Å². The molecule has 1 N–H and O–H groups in total. The minimum absolute atomic E-state index is 0.255. The molecule has 1 aromatic carbocycles. The van der Waals surface area contributed by atoms with E-state index in [1.165, 1.54) is 18.4 Å². The van der Waals surface area contributed by atoms with Gasteiger partial charge in [0.2, 0.25) is 0 Å². The largest absolute Gasteiger partial charge is 0.392 e. The average Bonchev–Trinajstić information content (AvgIpc) is 3.04. The van der Waals surface area contributed by atoms with Crippen LogP contribution in [-0.4, -0.2) is 20.8 Å². The Kier molecular flexibility index (Phi) is 4.29. The molecule has 1 saturated carbocycles. The minimum atomic E-state index is -0.255. The number of imidazole rings is 1. The SMILES string of the molecule is CCCn1c(CC(O)C2CCCC2C)nc2ccccc21. The summed E-state index contributed by atoms with van der Waals surface area (Å²) in [4.78, 5) is 4.77. The van der Waals surface area contributed by atoms with E-state index < -0.39 is 0 Å². The summed E-state index contributed by atoms with van der Waals surface area (Å²) in [5.41, 5.74) is 2.24. The quantitative estimate of drug-likeness (QED) is 0.908. The van der Waals surface area contributed by atoms with E-state index in [1.807, 2.05) is 6.07 Å². The lowest BCUT2D eigenvalue weighted by molar-refractivity contribution is 0.0876. The molecular weight excluding hydrogens is 260 g/mol. The molecule has 1 aromatic heterocycles. The third kappa shape index (κ3) is 2.84. The van der Waals surface area contributed by atoms with Gasteiger partial charge in [0.1, 0.15) is 5.82 Å². The summed E-state index contributed by atoms with van der Waals surface area (Å²) in [6, 6.07) is 8.29. The third-order valence-corrected chi connectivity index (χ3v) is 4.99. The number of para-hydroxylation sites is 2. The Bertz CT molecular complexity index is 604. The highest BCUT2D eigenvalue weighted by atomic mass is 16.3. The molecule has 0 saturated heterocycles. The second-order valence-electron chi connectivity index (χ2n) is 6.51. The van der Waals surface area contributed by atoms with Gasteiger partial charge < -0.3 is 9.67 Å². The zero-order valence-corrected chi connectivity index (χ0v) is 13.1. The highest BCUT2D eigenvalue weighted by molar-refractivity contribution is 5.75. The van der Waals surface area contributed by atoms with Gasteiger partial charge in [0.05, 0.1) is 17.1 Å². The van der Waals surface area contributed by atoms with Gasteiger partial charge in [0.15, 0.2) is 0 Å². The van der Waals surface area contributed by atoms with E-state index in [0.717, 1.165) is 30.7 Å². The first-order valence-electron chi connectivity index (χ1n) is 8.33. The highest BCUT2D eigenvalue weighted by Crippen LogP contribution is 2.34. The lowest BCUT2D eigenvalue weighted by Gasteiger charge is -2.22. The van der Waals surface area contributed by atoms with Crippen molar-refractivity contribution in [3.63, 3.8) is 0 Å². The number of hydrogen-bond donors (Lipinski definition) is 1. The highest BCUT2D eigenvalue weighted by Gasteiger charge is 2.30. The maximum absolute atomic E-state index is 10.6. The Morgan fingerprint density at radius 3 is 2.86 bits per heavy atom. The summed E-state index contributed by atoms with van der Waals surface area (Å²) in [6.07, 6.45) is 5.19. The molecule has 2 aromatic rings. The van der Waals surface area contributed by atoms with E-state index in [2.05, 4.69) is 36.6 Å². The van der Waals surface area contributed by atoms with E-state index >= 15 is 0 Å². The standard InChI is InChI=1S/C18H26N2O/c1-3-11-20-16-10-5-4-9-15(16)19-18(20)12-17(21)14-8-6-7-13(14)2/h4-5,9-10,13-14,17,21H,3,6-8,11-12H2,1-2H3. The van der Waals surface area contributed by atoms with Crippen LogP contribution in [0.25, 0.3) is 11.0 Å². The Hall–Kier alpha value is -1.35. The lowest BCUT2D eigenvalue weighted by atomic mass is 9.90. The number of aromatic nitrogens is 2. The van der Waals surface area contributed by atoms with Crippen LogP contribution in [0.5, 0.6) is 0 Å². The Morgan fingerprint density at radius 2 is 2.14 bits per heavy atom. The van der Waals surface area contributed by atoms with Crippen molar-refractivity contribution in [1.29, 1.82) is 0 Å². The van der Waals surface area contributed by atoms with Crippen LogP contribution in [-0.2, 0) is 13.0 Å². The summed E-state index contributed by atoms with van der Waals surface area (Å²) < 4.78 is 2.29. The molecule has 3 rings (SSSR count). The van der Waals surface area contributed by atoms with E-state index in [1.54, 1.807) is 0 Å². The van der Waals surface area contributed by atoms with Gasteiger partial charge in [-0.05, 0) is 36.8 Å². The molecule has 3 heteroatoms. The summed E-state index contributed by atoms with van der Waals surface area (Å²) in [5, 5.41) is 10.6. The van der Waals surface area contributed by atoms with E-state index in [-0.39, 0.29) is 6.10 Å². The monoisotopic (exact) mass is 286 g/mol. The van der Waals surface area contributed by atoms with Gasteiger partial charge >= 0.3 is 0 Å². The fraction of sp³-hybridized carbons (Fsp3) is 0.611. The first kappa shape index (κ1) is 14.6. The smallest absolute Gasteiger partial charge is 0.112 e. The van der Waals surface area contributed by atoms with Crippen molar-refractivity contribution >= 4 is 11.0 Å². The summed E-state index contributed by atoms with van der Waals surface area (Å²) in [6.45, 7) is 5.44. The molecule has 0 radical (unpaired) electrons. The molecule has 3 atom stereocenters. The predicted octanol–water partition coefficient (Wildman–Crippen LogP) is 3.79. The zero-order valence-electron chi connectivity index (χ0n) is 13.1. The molecule has 3 unspecified atom stereocenters. The second kappa shape index (κ2) is 6.18. The number of aryl methyl sites for hydroxylation is 1. The molecule has 0 bridgehead atoms. The number of aliphatic hydroxyl groups is 1. The van der Waals surface area contributed by atoms with Crippen molar-refractivity contribution in [2.45, 2.75) is 58.6 Å². The van der Waals surface area contributed by atoms with Crippen LogP contribution in [0.1, 0.15) is 45.4 Å². The molecule has 3 nitrogen and oxygen atoms in total. The number of benzene rings is 1. The van der Waals surface area contributed by atoms with Crippen molar-refractivity contribution in [1.82, 2.24) is 9.55 Å². The Balaban J connectivity index is 1.87. The van der Waals surface area contributed by atoms with E-state index in [0.29, 0.717) is 18.3 Å². The van der Waals surface area contributed by atoms with Gasteiger partial charge in [-0.25, -0.2) is 4.98 Å². The van der Waals surface area contributed by atoms with Crippen LogP contribution in [0, 0.1) is 11.8 Å². The summed E-state index contributed by atoms with van der Waals surface area (Å²) in [7, 11) is 0. The molecule has 1 fully saturated rings. The number of nitrogens with zero attached hydrogens (tertiary/aromatic N) is 2. The molecule has 0 spiro atoms. The number of aliphatic hydroxyl groups excluding tert-OH is 1. The Morgan fingerprint density at radius 1 is 1.33 bits per heavy atom. The van der Waals surface area contributed by atoms with Gasteiger partial charge in [-0.3, -0.25) is 0 Å². The minimum Gasteiger partial charge on any atom is -0.392 e. The van der Waals surface area contributed by atoms with Gasteiger partial charge in [-0.15, -0.1) is 0 Å². The van der Waals surface area contributed by atoms with Gasteiger partial charge in [-0.1, -0.05) is 38.8 Å². The van der Waals surface area contributed by atoms with Crippen LogP contribution in [0.2, 0.25) is 0 Å². The third-order valence-electron chi connectivity index (χ3n) is 4.99. The van der Waals surface area contributed by atoms with Gasteiger partial charge in [-0.2, -0.15) is 0 Å². The Labute approximate surface area is 127 Å². The normalized spacial score (nSPS) is 23.8. The fourth-order valence-corrected chi connectivity index (χ4v) is 3.84. The van der Waals surface area contributed by atoms with Crippen molar-refractivity contribution < 1.29 is 5.11 Å². The van der Waals surface area contributed by atoms with Crippen LogP contribution >= 0.6 is 0 Å². The van der Waals surface area contributed by atoms with Gasteiger partial charge in [0.25, 0.3) is 0 Å². The summed E-state index contributed by atoms with van der Waals surface area (Å²) in [5.74, 6) is 2.13. The topological polar surface area (TPSA) is 38.0 Å². The van der Waals surface area contributed by atoms with E-state index in [9.17, 15) is 5.11 Å². The van der Waals surface area contributed by atoms with Crippen LogP contribution in [0.15, 0.2) is 24.3 Å². The van der Waals surface area contributed by atoms with Crippen molar-refractivity contribution in [2.75, 3.05) is 0 Å². The van der Waals surface area contributed by atoms with Crippen LogP contribution in [0.3, 0.4) is 0 Å². The first-order chi connectivity index (χ1) is 10.2. The van der Waals surface area contributed by atoms with Crippen molar-refractivity contribution in [2.24, 2.45) is 11.8 Å². The molecule has 1 aliphatic rings. The van der Waals surface area contributed by atoms with Crippen LogP contribution < -0.4 is 0 Å². The lowest BCUT2D eigenvalue weighted by Crippen LogP contribution is -2.26.